The van der Waals surface area contributed by atoms with Crippen LogP contribution in [0.1, 0.15) is 49.9 Å². The van der Waals surface area contributed by atoms with Gasteiger partial charge in [-0.3, -0.25) is 0 Å². The van der Waals surface area contributed by atoms with E-state index in [9.17, 15) is 0 Å². The molecule has 1 nitrogen and oxygen atoms in total. The first-order valence-electron chi connectivity index (χ1n) is 17.4. The molecular weight excluding hydrogens is 591 g/mol. The van der Waals surface area contributed by atoms with Crippen LogP contribution in [0.2, 0.25) is 0 Å². The Hall–Kier alpha value is -5.66. The first kappa shape index (κ1) is 29.5. The van der Waals surface area contributed by atoms with Crippen LogP contribution in [0, 0.1) is 0 Å². The van der Waals surface area contributed by atoms with Crippen molar-refractivity contribution in [2.75, 3.05) is 4.90 Å². The van der Waals surface area contributed by atoms with Gasteiger partial charge in [-0.1, -0.05) is 155 Å². The number of benzene rings is 7. The molecule has 0 radical (unpaired) electrons. The van der Waals surface area contributed by atoms with Gasteiger partial charge < -0.3 is 4.90 Å². The quantitative estimate of drug-likeness (QED) is 0.183. The number of hydrogen-bond donors (Lipinski definition) is 0. The molecule has 0 amide bonds. The van der Waals surface area contributed by atoms with Crippen molar-refractivity contribution in [2.24, 2.45) is 0 Å². The summed E-state index contributed by atoms with van der Waals surface area (Å²) in [6.45, 7) is 9.44. The van der Waals surface area contributed by atoms with E-state index in [1.54, 1.807) is 0 Å². The van der Waals surface area contributed by atoms with Crippen molar-refractivity contribution < 1.29 is 0 Å². The van der Waals surface area contributed by atoms with Crippen LogP contribution in [0.5, 0.6) is 0 Å². The molecule has 0 atom stereocenters. The average molecular weight is 630 g/mol. The third kappa shape index (κ3) is 4.60. The molecule has 0 unspecified atom stereocenters. The van der Waals surface area contributed by atoms with Crippen LogP contribution in [-0.2, 0) is 10.8 Å². The van der Waals surface area contributed by atoms with E-state index in [4.69, 9.17) is 0 Å². The number of anilines is 3. The predicted molar refractivity (Wildman–Crippen MR) is 207 cm³/mol. The zero-order valence-corrected chi connectivity index (χ0v) is 28.5. The van der Waals surface area contributed by atoms with Crippen LogP contribution in [-0.4, -0.2) is 0 Å². The van der Waals surface area contributed by atoms with E-state index >= 15 is 0 Å². The topological polar surface area (TPSA) is 3.24 Å². The summed E-state index contributed by atoms with van der Waals surface area (Å²) in [4.78, 5) is 2.45. The van der Waals surface area contributed by atoms with Crippen molar-refractivity contribution in [3.8, 4) is 44.5 Å². The van der Waals surface area contributed by atoms with Crippen LogP contribution >= 0.6 is 0 Å². The van der Waals surface area contributed by atoms with Gasteiger partial charge >= 0.3 is 0 Å². The van der Waals surface area contributed by atoms with Crippen molar-refractivity contribution in [3.63, 3.8) is 0 Å². The summed E-state index contributed by atoms with van der Waals surface area (Å²) in [5.41, 5.74) is 19.1. The monoisotopic (exact) mass is 629 g/mol. The van der Waals surface area contributed by atoms with Crippen LogP contribution in [0.15, 0.2) is 164 Å². The van der Waals surface area contributed by atoms with Gasteiger partial charge in [0.05, 0.1) is 0 Å². The molecule has 0 heterocycles. The minimum absolute atomic E-state index is 0.0784. The highest BCUT2D eigenvalue weighted by Crippen LogP contribution is 2.53. The van der Waals surface area contributed by atoms with Crippen LogP contribution in [0.4, 0.5) is 17.1 Å². The summed E-state index contributed by atoms with van der Waals surface area (Å²) >= 11 is 0. The average Bonchev–Trinajstić information content (AvgIpc) is 3.52. The highest BCUT2D eigenvalue weighted by atomic mass is 15.1. The fraction of sp³-hybridized carbons (Fsp3) is 0.125. The summed E-state index contributed by atoms with van der Waals surface area (Å²) in [5, 5.41) is 0. The fourth-order valence-electron chi connectivity index (χ4n) is 8.40. The molecule has 1 heteroatoms. The predicted octanol–water partition coefficient (Wildman–Crippen LogP) is 13.1. The molecule has 0 N–H and O–H groups in total. The van der Waals surface area contributed by atoms with Gasteiger partial charge in [-0.2, -0.15) is 0 Å². The zero-order valence-electron chi connectivity index (χ0n) is 28.5. The lowest BCUT2D eigenvalue weighted by Crippen LogP contribution is -2.18. The maximum absolute atomic E-state index is 2.45. The molecule has 0 saturated heterocycles. The molecule has 0 spiro atoms. The lowest BCUT2D eigenvalue weighted by molar-refractivity contribution is 0.660. The lowest BCUT2D eigenvalue weighted by Gasteiger charge is -2.30. The third-order valence-corrected chi connectivity index (χ3v) is 11.1. The van der Waals surface area contributed by atoms with Crippen molar-refractivity contribution in [2.45, 2.75) is 38.5 Å². The third-order valence-electron chi connectivity index (χ3n) is 11.1. The van der Waals surface area contributed by atoms with Gasteiger partial charge in [0.15, 0.2) is 0 Å². The number of hydrogen-bond acceptors (Lipinski definition) is 1. The lowest BCUT2D eigenvalue weighted by atomic mass is 9.82. The highest BCUT2D eigenvalue weighted by molar-refractivity contribution is 5.88. The van der Waals surface area contributed by atoms with Crippen LogP contribution < -0.4 is 4.90 Å². The molecule has 7 aromatic carbocycles. The van der Waals surface area contributed by atoms with E-state index in [1.807, 2.05) is 0 Å². The summed E-state index contributed by atoms with van der Waals surface area (Å²) in [6.07, 6.45) is 0. The molecule has 9 rings (SSSR count). The van der Waals surface area contributed by atoms with Gasteiger partial charge in [-0.15, -0.1) is 0 Å². The molecule has 0 aromatic heterocycles. The molecule has 0 aliphatic heterocycles. The Morgan fingerprint density at radius 2 is 0.653 bits per heavy atom. The van der Waals surface area contributed by atoms with E-state index in [-0.39, 0.29) is 10.8 Å². The van der Waals surface area contributed by atoms with E-state index in [0.29, 0.717) is 0 Å². The second kappa shape index (κ2) is 10.9. The number of fused-ring (bicyclic) bond motifs is 6. The van der Waals surface area contributed by atoms with Gasteiger partial charge in [0.25, 0.3) is 0 Å². The SMILES string of the molecule is CC1(C)c2ccccc2-c2ccc(N(c3ccc(-c4ccc(-c5ccccc5)cc4)cc3)c3ccc4c(c3)C(C)(C)c3ccccc3-4)cc21. The summed E-state index contributed by atoms with van der Waals surface area (Å²) < 4.78 is 0. The Kier molecular flexibility index (Phi) is 6.58. The van der Waals surface area contributed by atoms with E-state index in [0.717, 1.165) is 5.69 Å². The second-order valence-electron chi connectivity index (χ2n) is 14.6. The fourth-order valence-corrected chi connectivity index (χ4v) is 8.40. The maximum Gasteiger partial charge on any atom is 0.0465 e. The molecule has 2 aliphatic carbocycles. The van der Waals surface area contributed by atoms with Gasteiger partial charge in [0, 0.05) is 27.9 Å². The van der Waals surface area contributed by atoms with Gasteiger partial charge in [-0.25, -0.2) is 0 Å². The smallest absolute Gasteiger partial charge is 0.0465 e. The Labute approximate surface area is 290 Å². The molecule has 49 heavy (non-hydrogen) atoms. The Morgan fingerprint density at radius 1 is 0.306 bits per heavy atom. The molecule has 0 fully saturated rings. The summed E-state index contributed by atoms with van der Waals surface area (Å²) in [6, 6.07) is 60.5. The van der Waals surface area contributed by atoms with Crippen molar-refractivity contribution in [3.05, 3.63) is 186 Å². The Bertz CT molecular complexity index is 2250. The van der Waals surface area contributed by atoms with Crippen molar-refractivity contribution in [1.29, 1.82) is 0 Å². The minimum atomic E-state index is -0.0784. The van der Waals surface area contributed by atoms with E-state index < -0.39 is 0 Å². The highest BCUT2D eigenvalue weighted by Gasteiger charge is 2.37. The van der Waals surface area contributed by atoms with Gasteiger partial charge in [-0.05, 0) is 103 Å². The molecule has 236 valence electrons. The second-order valence-corrected chi connectivity index (χ2v) is 14.6. The zero-order chi connectivity index (χ0) is 33.3. The molecule has 7 aromatic rings. The van der Waals surface area contributed by atoms with Crippen molar-refractivity contribution in [1.82, 2.24) is 0 Å². The Balaban J connectivity index is 1.15. The number of rotatable bonds is 5. The first-order valence-corrected chi connectivity index (χ1v) is 17.4. The molecule has 2 aliphatic rings. The van der Waals surface area contributed by atoms with Gasteiger partial charge in [0.2, 0.25) is 0 Å². The molecular formula is C48H39N. The standard InChI is InChI=1S/C48H39N/c1-47(2)43-16-10-8-14-39(43)41-28-26-37(30-45(41)47)49(38-27-29-42-40-15-9-11-17-44(40)48(3,4)46(42)31-38)36-24-22-35(23-25-36)34-20-18-33(19-21-34)32-12-6-5-7-13-32/h5-31H,1-4H3. The van der Waals surface area contributed by atoms with Crippen LogP contribution in [0.25, 0.3) is 44.5 Å². The summed E-state index contributed by atoms with van der Waals surface area (Å²) in [7, 11) is 0. The van der Waals surface area contributed by atoms with E-state index in [2.05, 4.69) is 196 Å². The molecule has 0 bridgehead atoms. The Morgan fingerprint density at radius 3 is 1.12 bits per heavy atom. The minimum Gasteiger partial charge on any atom is -0.310 e. The van der Waals surface area contributed by atoms with Crippen molar-refractivity contribution >= 4 is 17.1 Å². The normalized spacial score (nSPS) is 14.4. The number of nitrogens with zero attached hydrogens (tertiary/aromatic N) is 1. The maximum atomic E-state index is 2.45. The first-order chi connectivity index (χ1) is 23.8. The summed E-state index contributed by atoms with van der Waals surface area (Å²) in [5.74, 6) is 0. The van der Waals surface area contributed by atoms with Gasteiger partial charge in [0.1, 0.15) is 0 Å². The van der Waals surface area contributed by atoms with Crippen LogP contribution in [0.3, 0.4) is 0 Å². The molecule has 0 saturated carbocycles. The largest absolute Gasteiger partial charge is 0.310 e. The van der Waals surface area contributed by atoms with E-state index in [1.165, 1.54) is 78.1 Å².